The largest absolute Gasteiger partial charge is 0.496 e. The van der Waals surface area contributed by atoms with Gasteiger partial charge in [-0.05, 0) is 59.1 Å². The summed E-state index contributed by atoms with van der Waals surface area (Å²) in [5.41, 5.74) is 2.09. The molecular formula is C16H15BrN2O3S. The number of rotatable bonds is 3. The van der Waals surface area contributed by atoms with Crippen molar-refractivity contribution < 1.29 is 13.2 Å². The molecule has 7 heteroatoms. The van der Waals surface area contributed by atoms with Crippen molar-refractivity contribution in [3.8, 4) is 5.75 Å². The highest BCUT2D eigenvalue weighted by molar-refractivity contribution is 9.10. The maximum Gasteiger partial charge on any atom is 0.268 e. The van der Waals surface area contributed by atoms with Gasteiger partial charge in [-0.3, -0.25) is 4.98 Å². The maximum atomic E-state index is 13.0. The molecule has 0 N–H and O–H groups in total. The van der Waals surface area contributed by atoms with Crippen molar-refractivity contribution in [1.29, 1.82) is 0 Å². The van der Waals surface area contributed by atoms with E-state index in [9.17, 15) is 8.42 Å². The van der Waals surface area contributed by atoms with Crippen molar-refractivity contribution in [2.75, 3.05) is 7.11 Å². The van der Waals surface area contributed by atoms with Crippen LogP contribution in [0.3, 0.4) is 0 Å². The van der Waals surface area contributed by atoms with Gasteiger partial charge in [-0.15, -0.1) is 0 Å². The van der Waals surface area contributed by atoms with Crippen LogP contribution in [-0.2, 0) is 10.0 Å². The summed E-state index contributed by atoms with van der Waals surface area (Å²) in [7, 11) is -2.13. The van der Waals surface area contributed by atoms with Gasteiger partial charge in [0.25, 0.3) is 10.0 Å². The Kier molecular flexibility index (Phi) is 3.93. The Morgan fingerprint density at radius 2 is 1.83 bits per heavy atom. The smallest absolute Gasteiger partial charge is 0.268 e. The molecule has 3 aromatic rings. The van der Waals surface area contributed by atoms with Crippen LogP contribution in [0.2, 0.25) is 0 Å². The summed E-state index contributed by atoms with van der Waals surface area (Å²) in [6.07, 6.45) is 4.73. The number of hydrogen-bond donors (Lipinski definition) is 0. The fourth-order valence-electron chi connectivity index (χ4n) is 2.70. The Bertz CT molecular complexity index is 986. The first-order valence-electron chi connectivity index (χ1n) is 6.87. The van der Waals surface area contributed by atoms with Gasteiger partial charge in [-0.25, -0.2) is 12.4 Å². The lowest BCUT2D eigenvalue weighted by atomic mass is 10.1. The Labute approximate surface area is 143 Å². The monoisotopic (exact) mass is 394 g/mol. The summed E-state index contributed by atoms with van der Waals surface area (Å²) < 4.78 is 33.3. The van der Waals surface area contributed by atoms with Crippen LogP contribution >= 0.6 is 15.9 Å². The topological polar surface area (TPSA) is 61.2 Å². The van der Waals surface area contributed by atoms with E-state index < -0.39 is 10.0 Å². The number of hydrogen-bond acceptors (Lipinski definition) is 4. The number of ether oxygens (including phenoxy) is 1. The maximum absolute atomic E-state index is 13.0. The van der Waals surface area contributed by atoms with Gasteiger partial charge in [-0.2, -0.15) is 0 Å². The molecule has 2 heterocycles. The fraction of sp³-hybridized carbons (Fsp3) is 0.188. The van der Waals surface area contributed by atoms with Crippen LogP contribution in [0.25, 0.3) is 10.9 Å². The molecule has 5 nitrogen and oxygen atoms in total. The van der Waals surface area contributed by atoms with Gasteiger partial charge in [0.15, 0.2) is 0 Å². The van der Waals surface area contributed by atoms with Crippen molar-refractivity contribution in [3.63, 3.8) is 0 Å². The molecular weight excluding hydrogens is 380 g/mol. The average molecular weight is 395 g/mol. The quantitative estimate of drug-likeness (QED) is 0.679. The predicted octanol–water partition coefficient (Wildman–Crippen LogP) is 3.66. The average Bonchev–Trinajstić information content (AvgIpc) is 2.93. The summed E-state index contributed by atoms with van der Waals surface area (Å²) in [6.45, 7) is 3.66. The van der Waals surface area contributed by atoms with Gasteiger partial charge in [0.05, 0.1) is 23.7 Å². The minimum absolute atomic E-state index is 0.228. The summed E-state index contributed by atoms with van der Waals surface area (Å²) in [4.78, 5) is 4.29. The molecule has 0 bridgehead atoms. The minimum Gasteiger partial charge on any atom is -0.496 e. The van der Waals surface area contributed by atoms with Crippen LogP contribution in [-0.4, -0.2) is 24.5 Å². The minimum atomic E-state index is -3.71. The third-order valence-corrected chi connectivity index (χ3v) is 6.03. The number of fused-ring (bicyclic) bond motifs is 1. The molecule has 0 aliphatic carbocycles. The summed E-state index contributed by atoms with van der Waals surface area (Å²) in [5.74, 6) is 0.700. The summed E-state index contributed by atoms with van der Waals surface area (Å²) >= 11 is 3.39. The van der Waals surface area contributed by atoms with Crippen molar-refractivity contribution >= 4 is 36.9 Å². The van der Waals surface area contributed by atoms with E-state index in [1.807, 2.05) is 13.8 Å². The third-order valence-electron chi connectivity index (χ3n) is 3.73. The van der Waals surface area contributed by atoms with Crippen molar-refractivity contribution in [2.45, 2.75) is 18.7 Å². The van der Waals surface area contributed by atoms with Crippen LogP contribution < -0.4 is 4.74 Å². The first-order valence-corrected chi connectivity index (χ1v) is 9.11. The molecule has 120 valence electrons. The molecule has 0 aliphatic rings. The van der Waals surface area contributed by atoms with E-state index in [-0.39, 0.29) is 4.90 Å². The fourth-order valence-corrected chi connectivity index (χ4v) is 4.66. The van der Waals surface area contributed by atoms with Crippen LogP contribution in [0, 0.1) is 13.8 Å². The second-order valence-corrected chi connectivity index (χ2v) is 7.93. The molecule has 0 saturated carbocycles. The predicted molar refractivity (Wildman–Crippen MR) is 92.5 cm³/mol. The lowest BCUT2D eigenvalue weighted by Crippen LogP contribution is -2.12. The zero-order chi connectivity index (χ0) is 16.8. The Morgan fingerprint density at radius 3 is 2.43 bits per heavy atom. The van der Waals surface area contributed by atoms with E-state index in [0.717, 1.165) is 21.0 Å². The van der Waals surface area contributed by atoms with Crippen LogP contribution in [0.1, 0.15) is 11.1 Å². The van der Waals surface area contributed by atoms with E-state index >= 15 is 0 Å². The normalized spacial score (nSPS) is 11.8. The van der Waals surface area contributed by atoms with Gasteiger partial charge in [0.1, 0.15) is 5.75 Å². The Balaban J connectivity index is 2.24. The zero-order valence-electron chi connectivity index (χ0n) is 12.9. The molecule has 3 rings (SSSR count). The molecule has 23 heavy (non-hydrogen) atoms. The van der Waals surface area contributed by atoms with Crippen molar-refractivity contribution in [1.82, 2.24) is 8.96 Å². The molecule has 0 radical (unpaired) electrons. The zero-order valence-corrected chi connectivity index (χ0v) is 15.3. The molecule has 0 fully saturated rings. The highest BCUT2D eigenvalue weighted by Gasteiger charge is 2.21. The molecule has 2 aromatic heterocycles. The molecule has 0 saturated heterocycles. The van der Waals surface area contributed by atoms with E-state index in [1.165, 1.54) is 3.97 Å². The molecule has 1 aromatic carbocycles. The third kappa shape index (κ3) is 2.53. The van der Waals surface area contributed by atoms with Crippen LogP contribution in [0.15, 0.2) is 46.2 Å². The van der Waals surface area contributed by atoms with Gasteiger partial charge in [-0.1, -0.05) is 0 Å². The number of halogens is 1. The van der Waals surface area contributed by atoms with Crippen LogP contribution in [0.5, 0.6) is 5.75 Å². The Morgan fingerprint density at radius 1 is 1.17 bits per heavy atom. The molecule has 0 amide bonds. The number of nitrogens with zero attached hydrogens (tertiary/aromatic N) is 2. The van der Waals surface area contributed by atoms with Crippen LogP contribution in [0.4, 0.5) is 0 Å². The molecule has 0 unspecified atom stereocenters. The number of aromatic nitrogens is 2. The molecule has 0 atom stereocenters. The second kappa shape index (κ2) is 5.65. The lowest BCUT2D eigenvalue weighted by Gasteiger charge is -2.13. The first-order chi connectivity index (χ1) is 10.9. The van der Waals surface area contributed by atoms with E-state index in [0.29, 0.717) is 11.3 Å². The summed E-state index contributed by atoms with van der Waals surface area (Å²) in [5, 5.41) is 0.797. The van der Waals surface area contributed by atoms with Gasteiger partial charge in [0.2, 0.25) is 0 Å². The second-order valence-electron chi connectivity index (χ2n) is 5.26. The Hall–Kier alpha value is -1.86. The number of pyridine rings is 1. The van der Waals surface area contributed by atoms with Crippen molar-refractivity contribution in [3.05, 3.63) is 52.4 Å². The number of methoxy groups -OCH3 is 1. The number of benzene rings is 1. The van der Waals surface area contributed by atoms with E-state index in [1.54, 1.807) is 43.9 Å². The SMILES string of the molecule is COc1c(C)cc(S(=O)(=O)n2ccc3c(Br)cncc32)cc1C. The van der Waals surface area contributed by atoms with Gasteiger partial charge < -0.3 is 4.74 Å². The van der Waals surface area contributed by atoms with E-state index in [2.05, 4.69) is 20.9 Å². The first kappa shape index (κ1) is 16.0. The number of aryl methyl sites for hydroxylation is 2. The van der Waals surface area contributed by atoms with Gasteiger partial charge in [0, 0.05) is 22.3 Å². The highest BCUT2D eigenvalue weighted by Crippen LogP contribution is 2.30. The summed E-state index contributed by atoms with van der Waals surface area (Å²) in [6, 6.07) is 5.00. The highest BCUT2D eigenvalue weighted by atomic mass is 79.9. The van der Waals surface area contributed by atoms with Crippen molar-refractivity contribution in [2.24, 2.45) is 0 Å². The lowest BCUT2D eigenvalue weighted by molar-refractivity contribution is 0.408. The molecule has 0 spiro atoms. The van der Waals surface area contributed by atoms with E-state index in [4.69, 9.17) is 4.74 Å². The molecule has 0 aliphatic heterocycles. The standard InChI is InChI=1S/C16H15BrN2O3S/c1-10-6-12(7-11(2)16(10)22-3)23(20,21)19-5-4-13-14(17)8-18-9-15(13)19/h4-9H,1-3H3. The van der Waals surface area contributed by atoms with Gasteiger partial charge >= 0.3 is 0 Å².